The number of ether oxygens (including phenoxy) is 1. The molecule has 0 aromatic carbocycles. The lowest BCUT2D eigenvalue weighted by molar-refractivity contribution is -0.130. The van der Waals surface area contributed by atoms with Crippen molar-refractivity contribution in [1.29, 1.82) is 0 Å². The Hall–Kier alpha value is -0.830. The van der Waals surface area contributed by atoms with Gasteiger partial charge in [-0.3, -0.25) is 4.79 Å². The molecule has 1 atom stereocenters. The molecular weight excluding hydrogens is 202 g/mol. The molecule has 0 aromatic heterocycles. The second-order valence-electron chi connectivity index (χ2n) is 4.85. The van der Waals surface area contributed by atoms with Crippen LogP contribution in [0.25, 0.3) is 0 Å². The molecule has 1 unspecified atom stereocenters. The van der Waals surface area contributed by atoms with E-state index in [-0.39, 0.29) is 12.0 Å². The minimum atomic E-state index is 0.248. The van der Waals surface area contributed by atoms with Gasteiger partial charge in [0.2, 0.25) is 5.91 Å². The van der Waals surface area contributed by atoms with E-state index in [2.05, 4.69) is 6.58 Å². The van der Waals surface area contributed by atoms with Crippen molar-refractivity contribution < 1.29 is 9.53 Å². The van der Waals surface area contributed by atoms with Crippen LogP contribution >= 0.6 is 0 Å². The molecule has 1 saturated heterocycles. The fraction of sp³-hybridized carbons (Fsp3) is 0.769. The minimum Gasteiger partial charge on any atom is -0.376 e. The highest BCUT2D eigenvalue weighted by Crippen LogP contribution is 2.30. The summed E-state index contributed by atoms with van der Waals surface area (Å²) in [5.74, 6) is 1.06. The number of amides is 1. The molecule has 2 fully saturated rings. The number of rotatable bonds is 6. The van der Waals surface area contributed by atoms with Crippen molar-refractivity contribution in [1.82, 2.24) is 4.90 Å². The van der Waals surface area contributed by atoms with Gasteiger partial charge in [-0.25, -0.2) is 0 Å². The van der Waals surface area contributed by atoms with Gasteiger partial charge in [0.15, 0.2) is 0 Å². The Morgan fingerprint density at radius 1 is 1.44 bits per heavy atom. The van der Waals surface area contributed by atoms with Crippen LogP contribution in [0, 0.1) is 5.92 Å². The maximum Gasteiger partial charge on any atom is 0.222 e. The van der Waals surface area contributed by atoms with E-state index in [4.69, 9.17) is 4.74 Å². The normalized spacial score (nSPS) is 24.8. The Morgan fingerprint density at radius 2 is 2.25 bits per heavy atom. The van der Waals surface area contributed by atoms with Crippen molar-refractivity contribution in [2.24, 2.45) is 5.92 Å². The molecule has 3 heteroatoms. The highest BCUT2D eigenvalue weighted by molar-refractivity contribution is 5.76. The molecule has 0 aromatic rings. The van der Waals surface area contributed by atoms with Gasteiger partial charge in [-0.05, 0) is 31.6 Å². The third-order valence-electron chi connectivity index (χ3n) is 3.32. The fourth-order valence-corrected chi connectivity index (χ4v) is 2.03. The summed E-state index contributed by atoms with van der Waals surface area (Å²) in [5, 5.41) is 0. The van der Waals surface area contributed by atoms with Crippen molar-refractivity contribution in [2.45, 2.75) is 38.2 Å². The fourth-order valence-electron chi connectivity index (χ4n) is 2.03. The van der Waals surface area contributed by atoms with Crippen LogP contribution in [0.15, 0.2) is 12.7 Å². The summed E-state index contributed by atoms with van der Waals surface area (Å²) in [7, 11) is 0. The van der Waals surface area contributed by atoms with Crippen molar-refractivity contribution in [2.75, 3.05) is 19.7 Å². The molecule has 16 heavy (non-hydrogen) atoms. The van der Waals surface area contributed by atoms with E-state index in [1.54, 1.807) is 6.08 Å². The molecule has 0 bridgehead atoms. The van der Waals surface area contributed by atoms with Gasteiger partial charge in [-0.15, -0.1) is 6.58 Å². The SMILES string of the molecule is C=CCCC(=O)N1CCC(OCC2CC2)C1. The first-order valence-electron chi connectivity index (χ1n) is 6.30. The van der Waals surface area contributed by atoms with Gasteiger partial charge in [0.1, 0.15) is 0 Å². The zero-order valence-corrected chi connectivity index (χ0v) is 9.86. The Balaban J connectivity index is 1.65. The maximum atomic E-state index is 11.7. The molecule has 0 N–H and O–H groups in total. The van der Waals surface area contributed by atoms with Gasteiger partial charge in [-0.2, -0.15) is 0 Å². The zero-order chi connectivity index (χ0) is 11.4. The molecular formula is C13H21NO2. The van der Waals surface area contributed by atoms with Crippen molar-refractivity contribution in [3.05, 3.63) is 12.7 Å². The lowest BCUT2D eigenvalue weighted by atomic mass is 10.3. The number of likely N-dealkylation sites (tertiary alicyclic amines) is 1. The summed E-state index contributed by atoms with van der Waals surface area (Å²) < 4.78 is 5.80. The third-order valence-corrected chi connectivity index (χ3v) is 3.32. The molecule has 0 spiro atoms. The minimum absolute atomic E-state index is 0.248. The van der Waals surface area contributed by atoms with Gasteiger partial charge in [0.05, 0.1) is 6.10 Å². The molecule has 1 aliphatic heterocycles. The van der Waals surface area contributed by atoms with Crippen LogP contribution in [0.1, 0.15) is 32.1 Å². The Labute approximate surface area is 97.5 Å². The van der Waals surface area contributed by atoms with E-state index >= 15 is 0 Å². The predicted octanol–water partition coefficient (Wildman–Crippen LogP) is 1.98. The number of hydrogen-bond acceptors (Lipinski definition) is 2. The highest BCUT2D eigenvalue weighted by Gasteiger charge is 2.28. The van der Waals surface area contributed by atoms with Crippen LogP contribution in [-0.2, 0) is 9.53 Å². The van der Waals surface area contributed by atoms with Gasteiger partial charge < -0.3 is 9.64 Å². The molecule has 90 valence electrons. The Morgan fingerprint density at radius 3 is 2.94 bits per heavy atom. The number of carbonyl (C=O) groups is 1. The first-order valence-corrected chi connectivity index (χ1v) is 6.30. The molecule has 2 rings (SSSR count). The number of allylic oxidation sites excluding steroid dienone is 1. The summed E-state index contributed by atoms with van der Waals surface area (Å²) >= 11 is 0. The van der Waals surface area contributed by atoms with Crippen molar-refractivity contribution in [3.8, 4) is 0 Å². The molecule has 1 heterocycles. The smallest absolute Gasteiger partial charge is 0.222 e. The lowest BCUT2D eigenvalue weighted by Gasteiger charge is -2.16. The van der Waals surface area contributed by atoms with Gasteiger partial charge in [0.25, 0.3) is 0 Å². The first-order chi connectivity index (χ1) is 7.79. The second-order valence-corrected chi connectivity index (χ2v) is 4.85. The third kappa shape index (κ3) is 3.34. The number of carbonyl (C=O) groups excluding carboxylic acids is 1. The molecule has 1 saturated carbocycles. The van der Waals surface area contributed by atoms with Gasteiger partial charge >= 0.3 is 0 Å². The van der Waals surface area contributed by atoms with Crippen LogP contribution in [0.4, 0.5) is 0 Å². The average Bonchev–Trinajstić information content (AvgIpc) is 3.00. The number of nitrogens with zero attached hydrogens (tertiary/aromatic N) is 1. The summed E-state index contributed by atoms with van der Waals surface area (Å²) in [6.45, 7) is 6.20. The van der Waals surface area contributed by atoms with E-state index in [9.17, 15) is 4.79 Å². The average molecular weight is 223 g/mol. The van der Waals surface area contributed by atoms with Crippen molar-refractivity contribution >= 4 is 5.91 Å². The van der Waals surface area contributed by atoms with Crippen LogP contribution in [0.5, 0.6) is 0 Å². The number of hydrogen-bond donors (Lipinski definition) is 0. The summed E-state index contributed by atoms with van der Waals surface area (Å²) in [6, 6.07) is 0. The molecule has 1 aliphatic carbocycles. The standard InChI is InChI=1S/C13H21NO2/c1-2-3-4-13(15)14-8-7-12(9-14)16-10-11-5-6-11/h2,11-12H,1,3-10H2. The van der Waals surface area contributed by atoms with Gasteiger partial charge in [0, 0.05) is 26.1 Å². The molecule has 0 radical (unpaired) electrons. The van der Waals surface area contributed by atoms with Crippen LogP contribution in [0.3, 0.4) is 0 Å². The topological polar surface area (TPSA) is 29.5 Å². The monoisotopic (exact) mass is 223 g/mol. The largest absolute Gasteiger partial charge is 0.376 e. The Kier molecular flexibility index (Phi) is 3.99. The second kappa shape index (κ2) is 5.48. The van der Waals surface area contributed by atoms with E-state index < -0.39 is 0 Å². The molecule has 2 aliphatic rings. The zero-order valence-electron chi connectivity index (χ0n) is 9.86. The van der Waals surface area contributed by atoms with E-state index in [1.807, 2.05) is 4.90 Å². The van der Waals surface area contributed by atoms with Crippen LogP contribution < -0.4 is 0 Å². The Bertz CT molecular complexity index is 261. The predicted molar refractivity (Wildman–Crippen MR) is 63.1 cm³/mol. The van der Waals surface area contributed by atoms with E-state index in [0.29, 0.717) is 6.42 Å². The van der Waals surface area contributed by atoms with E-state index in [1.165, 1.54) is 12.8 Å². The van der Waals surface area contributed by atoms with Gasteiger partial charge in [-0.1, -0.05) is 6.08 Å². The molecule has 1 amide bonds. The summed E-state index contributed by atoms with van der Waals surface area (Å²) in [4.78, 5) is 13.7. The van der Waals surface area contributed by atoms with Crippen LogP contribution in [-0.4, -0.2) is 36.6 Å². The van der Waals surface area contributed by atoms with E-state index in [0.717, 1.165) is 38.5 Å². The molecule has 3 nitrogen and oxygen atoms in total. The quantitative estimate of drug-likeness (QED) is 0.644. The maximum absolute atomic E-state index is 11.7. The highest BCUT2D eigenvalue weighted by atomic mass is 16.5. The summed E-state index contributed by atoms with van der Waals surface area (Å²) in [5.41, 5.74) is 0. The van der Waals surface area contributed by atoms with Crippen molar-refractivity contribution in [3.63, 3.8) is 0 Å². The first kappa shape index (κ1) is 11.6. The summed E-state index contributed by atoms with van der Waals surface area (Å²) in [6.07, 6.45) is 7.13. The lowest BCUT2D eigenvalue weighted by Crippen LogP contribution is -2.30. The van der Waals surface area contributed by atoms with Crippen LogP contribution in [0.2, 0.25) is 0 Å².